The molecule has 0 atom stereocenters. The van der Waals surface area contributed by atoms with Crippen molar-refractivity contribution in [1.29, 1.82) is 0 Å². The van der Waals surface area contributed by atoms with Gasteiger partial charge >= 0.3 is 0 Å². The summed E-state index contributed by atoms with van der Waals surface area (Å²) in [5, 5.41) is 10.7. The zero-order valence-electron chi connectivity index (χ0n) is 6.31. The van der Waals surface area contributed by atoms with E-state index >= 15 is 0 Å². The normalized spacial score (nSPS) is 9.67. The minimum absolute atomic E-state index is 0.682. The molecule has 0 aliphatic heterocycles. The molecule has 0 aliphatic rings. The van der Waals surface area contributed by atoms with E-state index in [0.717, 1.165) is 0 Å². The van der Waals surface area contributed by atoms with Gasteiger partial charge in [0, 0.05) is 17.8 Å². The van der Waals surface area contributed by atoms with Crippen LogP contribution in [0.5, 0.6) is 0 Å². The minimum atomic E-state index is 0.682. The average Bonchev–Trinajstić information content (AvgIpc) is 2.59. The third-order valence-electron chi connectivity index (χ3n) is 1.37. The van der Waals surface area contributed by atoms with Crippen LogP contribution in [0.1, 0.15) is 0 Å². The van der Waals surface area contributed by atoms with Crippen molar-refractivity contribution in [2.24, 2.45) is 0 Å². The lowest BCUT2D eigenvalue weighted by Crippen LogP contribution is -1.73. The Bertz CT molecular complexity index is 327. The first-order valence-corrected chi connectivity index (χ1v) is 3.57. The first-order valence-electron chi connectivity index (χ1n) is 3.57. The molecule has 0 unspecified atom stereocenters. The molecule has 2 aromatic heterocycles. The number of nitrogens with zero attached hydrogens (tertiary/aromatic N) is 3. The maximum absolute atomic E-state index is 4.17. The fraction of sp³-hybridized carbons (Fsp3) is 0. The van der Waals surface area contributed by atoms with E-state index in [0.29, 0.717) is 11.6 Å². The Balaban J connectivity index is 2.15. The second kappa shape index (κ2) is 3.04. The third-order valence-corrected chi connectivity index (χ3v) is 1.37. The monoisotopic (exact) mass is 159 g/mol. The number of nitrogens with one attached hydrogen (secondary N) is 1. The number of H-pyrrole nitrogens is 1. The number of hydrogen-bond donors (Lipinski definition) is 1. The van der Waals surface area contributed by atoms with Gasteiger partial charge in [0.15, 0.2) is 0 Å². The Morgan fingerprint density at radius 1 is 1.17 bits per heavy atom. The van der Waals surface area contributed by atoms with Crippen molar-refractivity contribution in [2.45, 2.75) is 0 Å². The highest BCUT2D eigenvalue weighted by Crippen LogP contribution is 2.23. The molecular formula is C8H7N4-. The molecular weight excluding hydrogens is 152 g/mol. The minimum Gasteiger partial charge on any atom is -0.369 e. The van der Waals surface area contributed by atoms with Crippen LogP contribution in [0.15, 0.2) is 36.7 Å². The van der Waals surface area contributed by atoms with Gasteiger partial charge in [0.2, 0.25) is 0 Å². The van der Waals surface area contributed by atoms with Crippen molar-refractivity contribution in [1.82, 2.24) is 15.2 Å². The molecule has 0 aliphatic carbocycles. The number of hydrogen-bond acceptors (Lipinski definition) is 2. The zero-order valence-corrected chi connectivity index (χ0v) is 6.31. The average molecular weight is 159 g/mol. The van der Waals surface area contributed by atoms with E-state index in [2.05, 4.69) is 20.5 Å². The topological polar surface area (TPSA) is 55.7 Å². The molecule has 0 bridgehead atoms. The Kier molecular flexibility index (Phi) is 1.74. The van der Waals surface area contributed by atoms with Gasteiger partial charge in [0.1, 0.15) is 0 Å². The van der Waals surface area contributed by atoms with Gasteiger partial charge in [-0.05, 0) is 18.3 Å². The Hall–Kier alpha value is -1.84. The fourth-order valence-corrected chi connectivity index (χ4v) is 0.854. The smallest absolute Gasteiger partial charge is 0.0338 e. The predicted molar refractivity (Wildman–Crippen MR) is 45.5 cm³/mol. The van der Waals surface area contributed by atoms with Crippen molar-refractivity contribution in [2.75, 3.05) is 0 Å². The molecule has 0 spiro atoms. The van der Waals surface area contributed by atoms with Crippen LogP contribution < -0.4 is 0 Å². The Morgan fingerprint density at radius 2 is 2.17 bits per heavy atom. The van der Waals surface area contributed by atoms with Crippen molar-refractivity contribution in [3.05, 3.63) is 42.0 Å². The van der Waals surface area contributed by atoms with Gasteiger partial charge < -0.3 is 15.4 Å². The molecule has 1 N–H and O–H groups in total. The Morgan fingerprint density at radius 3 is 2.83 bits per heavy atom. The summed E-state index contributed by atoms with van der Waals surface area (Å²) in [4.78, 5) is 4.04. The van der Waals surface area contributed by atoms with Crippen LogP contribution >= 0.6 is 0 Å². The largest absolute Gasteiger partial charge is 0.369 e. The van der Waals surface area contributed by atoms with Crippen LogP contribution in [0.25, 0.3) is 5.32 Å². The summed E-state index contributed by atoms with van der Waals surface area (Å²) < 4.78 is 0. The van der Waals surface area contributed by atoms with Gasteiger partial charge in [0.05, 0.1) is 0 Å². The standard InChI is InChI=1S/C8H7N4/c1-2-5-9-7(3-1)11-8-4-6-10-12-8/h1-6H,(H-,9,10,11,12)/q-1. The number of pyridine rings is 1. The van der Waals surface area contributed by atoms with Crippen LogP contribution in [0.2, 0.25) is 0 Å². The molecule has 0 saturated carbocycles. The van der Waals surface area contributed by atoms with E-state index < -0.39 is 0 Å². The summed E-state index contributed by atoms with van der Waals surface area (Å²) in [5.41, 5.74) is 0. The summed E-state index contributed by atoms with van der Waals surface area (Å²) in [6.45, 7) is 0. The number of rotatable bonds is 2. The summed E-state index contributed by atoms with van der Waals surface area (Å²) in [7, 11) is 0. The predicted octanol–water partition coefficient (Wildman–Crippen LogP) is 2.14. The van der Waals surface area contributed by atoms with Crippen LogP contribution in [0.4, 0.5) is 11.6 Å². The molecule has 2 heterocycles. The van der Waals surface area contributed by atoms with E-state index in [9.17, 15) is 0 Å². The van der Waals surface area contributed by atoms with Gasteiger partial charge in [-0.25, -0.2) is 5.10 Å². The van der Waals surface area contributed by atoms with Crippen LogP contribution in [0.3, 0.4) is 0 Å². The molecule has 0 amide bonds. The number of aromatic amines is 1. The molecule has 0 fully saturated rings. The lowest BCUT2D eigenvalue weighted by atomic mass is 10.4. The second-order valence-electron chi connectivity index (χ2n) is 2.24. The maximum atomic E-state index is 4.17. The van der Waals surface area contributed by atoms with Crippen molar-refractivity contribution < 1.29 is 0 Å². The van der Waals surface area contributed by atoms with Crippen molar-refractivity contribution >= 4 is 11.6 Å². The third kappa shape index (κ3) is 1.42. The van der Waals surface area contributed by atoms with Gasteiger partial charge in [-0.2, -0.15) is 0 Å². The fourth-order valence-electron chi connectivity index (χ4n) is 0.854. The molecule has 0 aromatic carbocycles. The number of aromatic nitrogens is 3. The van der Waals surface area contributed by atoms with E-state index in [4.69, 9.17) is 0 Å². The van der Waals surface area contributed by atoms with E-state index in [1.807, 2.05) is 18.2 Å². The first-order chi connectivity index (χ1) is 5.95. The van der Waals surface area contributed by atoms with Crippen molar-refractivity contribution in [3.8, 4) is 0 Å². The van der Waals surface area contributed by atoms with Crippen LogP contribution in [-0.4, -0.2) is 15.2 Å². The highest BCUT2D eigenvalue weighted by molar-refractivity contribution is 5.57. The van der Waals surface area contributed by atoms with Gasteiger partial charge in [-0.1, -0.05) is 12.1 Å². The molecule has 0 saturated heterocycles. The highest BCUT2D eigenvalue weighted by Gasteiger charge is 1.85. The summed E-state index contributed by atoms with van der Waals surface area (Å²) in [5.74, 6) is 1.40. The lowest BCUT2D eigenvalue weighted by Gasteiger charge is -2.07. The molecule has 4 heteroatoms. The van der Waals surface area contributed by atoms with Crippen LogP contribution in [0, 0.1) is 0 Å². The van der Waals surface area contributed by atoms with Gasteiger partial charge in [-0.3, -0.25) is 0 Å². The summed E-state index contributed by atoms with van der Waals surface area (Å²) in [6, 6.07) is 7.36. The molecule has 2 aromatic rings. The second-order valence-corrected chi connectivity index (χ2v) is 2.24. The Labute approximate surface area is 69.7 Å². The lowest BCUT2D eigenvalue weighted by molar-refractivity contribution is 1.10. The molecule has 0 radical (unpaired) electrons. The highest BCUT2D eigenvalue weighted by atomic mass is 15.2. The molecule has 2 rings (SSSR count). The van der Waals surface area contributed by atoms with Gasteiger partial charge in [0.25, 0.3) is 0 Å². The molecule has 12 heavy (non-hydrogen) atoms. The van der Waals surface area contributed by atoms with Gasteiger partial charge in [-0.15, -0.1) is 0 Å². The quantitative estimate of drug-likeness (QED) is 0.729. The van der Waals surface area contributed by atoms with Crippen molar-refractivity contribution in [3.63, 3.8) is 0 Å². The molecule has 4 nitrogen and oxygen atoms in total. The maximum Gasteiger partial charge on any atom is 0.0338 e. The summed E-state index contributed by atoms with van der Waals surface area (Å²) in [6.07, 6.45) is 3.36. The van der Waals surface area contributed by atoms with E-state index in [-0.39, 0.29) is 0 Å². The SMILES string of the molecule is c1ccc([N-]c2ccn[nH]2)nc1. The zero-order chi connectivity index (χ0) is 8.23. The first kappa shape index (κ1) is 6.84. The van der Waals surface area contributed by atoms with E-state index in [1.54, 1.807) is 18.5 Å². The molecule has 60 valence electrons. The summed E-state index contributed by atoms with van der Waals surface area (Å²) >= 11 is 0. The van der Waals surface area contributed by atoms with Crippen LogP contribution in [-0.2, 0) is 0 Å². The van der Waals surface area contributed by atoms with E-state index in [1.165, 1.54) is 0 Å².